The van der Waals surface area contributed by atoms with Crippen molar-refractivity contribution in [2.24, 2.45) is 0 Å². The van der Waals surface area contributed by atoms with Crippen LogP contribution in [0.2, 0.25) is 0 Å². The topological polar surface area (TPSA) is 34.0 Å². The maximum absolute atomic E-state index is 4.96. The monoisotopic (exact) mass is 360 g/mol. The first-order chi connectivity index (χ1) is 13.9. The zero-order valence-electron chi connectivity index (χ0n) is 15.0. The molecule has 4 nitrogen and oxygen atoms in total. The highest BCUT2D eigenvalue weighted by atomic mass is 15.2. The summed E-state index contributed by atoms with van der Waals surface area (Å²) in [4.78, 5) is 11.8. The molecular weight excluding hydrogens is 344 g/mol. The molecule has 0 fully saturated rings. The summed E-state index contributed by atoms with van der Waals surface area (Å²) in [5, 5.41) is 0. The highest BCUT2D eigenvalue weighted by Gasteiger charge is 2.29. The first-order valence-corrected chi connectivity index (χ1v) is 9.29. The van der Waals surface area contributed by atoms with Crippen molar-refractivity contribution < 1.29 is 0 Å². The Labute approximate surface area is 162 Å². The smallest absolute Gasteiger partial charge is 0.164 e. The molecule has 2 aromatic heterocycles. The minimum absolute atomic E-state index is 0.864. The van der Waals surface area contributed by atoms with Crippen molar-refractivity contribution in [3.05, 3.63) is 97.2 Å². The van der Waals surface area contributed by atoms with E-state index in [1.54, 1.807) is 0 Å². The van der Waals surface area contributed by atoms with E-state index >= 15 is 0 Å². The third kappa shape index (κ3) is 2.06. The molecule has 0 spiro atoms. The number of nitrogens with zero attached hydrogens (tertiary/aromatic N) is 4. The Morgan fingerprint density at radius 2 is 1.36 bits per heavy atom. The number of benzene rings is 3. The van der Waals surface area contributed by atoms with E-state index in [1.807, 2.05) is 30.5 Å². The van der Waals surface area contributed by atoms with E-state index in [2.05, 4.69) is 81.2 Å². The van der Waals surface area contributed by atoms with Gasteiger partial charge < -0.3 is 4.90 Å². The lowest BCUT2D eigenvalue weighted by Crippen LogP contribution is -2.18. The van der Waals surface area contributed by atoms with Gasteiger partial charge in [0.15, 0.2) is 5.82 Å². The molecule has 1 aliphatic rings. The van der Waals surface area contributed by atoms with Crippen LogP contribution in [0.15, 0.2) is 97.2 Å². The highest BCUT2D eigenvalue weighted by Crippen LogP contribution is 2.47. The normalized spacial score (nSPS) is 12.2. The summed E-state index contributed by atoms with van der Waals surface area (Å²) < 4.78 is 2.24. The summed E-state index contributed by atoms with van der Waals surface area (Å²) in [6, 6.07) is 31.2. The van der Waals surface area contributed by atoms with Gasteiger partial charge in [-0.3, -0.25) is 9.55 Å². The number of imidazole rings is 1. The molecule has 0 radical (unpaired) electrons. The number of rotatable bonds is 2. The van der Waals surface area contributed by atoms with Gasteiger partial charge in [-0.05, 0) is 48.5 Å². The minimum Gasteiger partial charge on any atom is -0.306 e. The number of anilines is 3. The Morgan fingerprint density at radius 3 is 2.18 bits per heavy atom. The molecule has 0 atom stereocenters. The molecule has 4 heteroatoms. The van der Waals surface area contributed by atoms with Gasteiger partial charge in [0.25, 0.3) is 0 Å². The van der Waals surface area contributed by atoms with Gasteiger partial charge in [0.05, 0.1) is 28.1 Å². The molecule has 6 rings (SSSR count). The van der Waals surface area contributed by atoms with Crippen LogP contribution in [0, 0.1) is 0 Å². The number of hydrogen-bond donors (Lipinski definition) is 0. The number of aromatic nitrogens is 3. The molecule has 0 N–H and O–H groups in total. The molecular formula is C24H16N4. The van der Waals surface area contributed by atoms with Gasteiger partial charge in [0, 0.05) is 11.9 Å². The molecule has 0 unspecified atom stereocenters. The minimum atomic E-state index is 0.864. The lowest BCUT2D eigenvalue weighted by Gasteiger charge is -2.32. The van der Waals surface area contributed by atoms with E-state index in [1.165, 1.54) is 0 Å². The molecule has 0 amide bonds. The van der Waals surface area contributed by atoms with E-state index in [0.717, 1.165) is 45.3 Å². The molecule has 28 heavy (non-hydrogen) atoms. The zero-order valence-corrected chi connectivity index (χ0v) is 15.0. The van der Waals surface area contributed by atoms with Gasteiger partial charge in [-0.2, -0.15) is 0 Å². The van der Waals surface area contributed by atoms with Gasteiger partial charge in [-0.1, -0.05) is 42.5 Å². The van der Waals surface area contributed by atoms with Crippen molar-refractivity contribution in [1.82, 2.24) is 14.5 Å². The molecule has 132 valence electrons. The van der Waals surface area contributed by atoms with Crippen LogP contribution in [-0.4, -0.2) is 14.5 Å². The predicted octanol–water partition coefficient (Wildman–Crippen LogP) is 5.87. The van der Waals surface area contributed by atoms with Crippen molar-refractivity contribution in [3.63, 3.8) is 0 Å². The summed E-state index contributed by atoms with van der Waals surface area (Å²) in [5.74, 6) is 0.864. The van der Waals surface area contributed by atoms with Gasteiger partial charge in [-0.15, -0.1) is 0 Å². The first kappa shape index (κ1) is 15.2. The van der Waals surface area contributed by atoms with Crippen molar-refractivity contribution in [3.8, 4) is 17.2 Å². The lowest BCUT2D eigenvalue weighted by atomic mass is 10.1. The standard InChI is InChI=1S/C24H16N4/c1-2-9-17(10-3-1)27-20-13-4-5-14-21(20)28-23-18(12-8-15-22(23)27)26-24(28)19-11-6-7-16-25-19/h1-16H. The molecule has 3 aromatic carbocycles. The zero-order chi connectivity index (χ0) is 18.5. The number of para-hydroxylation sites is 4. The lowest BCUT2D eigenvalue weighted by molar-refractivity contribution is 1.05. The number of pyridine rings is 1. The summed E-state index contributed by atoms with van der Waals surface area (Å²) >= 11 is 0. The van der Waals surface area contributed by atoms with Crippen molar-refractivity contribution in [2.45, 2.75) is 0 Å². The third-order valence-corrected chi connectivity index (χ3v) is 5.17. The van der Waals surface area contributed by atoms with Crippen LogP contribution in [0.25, 0.3) is 28.2 Å². The van der Waals surface area contributed by atoms with E-state index in [0.29, 0.717) is 0 Å². The van der Waals surface area contributed by atoms with E-state index < -0.39 is 0 Å². The molecule has 1 aliphatic heterocycles. The molecule has 3 heterocycles. The maximum atomic E-state index is 4.96. The fourth-order valence-electron chi connectivity index (χ4n) is 4.02. The van der Waals surface area contributed by atoms with Gasteiger partial charge in [0.2, 0.25) is 0 Å². The summed E-state index contributed by atoms with van der Waals surface area (Å²) in [6.07, 6.45) is 1.81. The Kier molecular flexibility index (Phi) is 3.14. The van der Waals surface area contributed by atoms with Gasteiger partial charge >= 0.3 is 0 Å². The summed E-state index contributed by atoms with van der Waals surface area (Å²) in [6.45, 7) is 0. The van der Waals surface area contributed by atoms with E-state index in [9.17, 15) is 0 Å². The average molecular weight is 360 g/mol. The Hall–Kier alpha value is -3.92. The largest absolute Gasteiger partial charge is 0.306 e. The second-order valence-electron chi connectivity index (χ2n) is 6.79. The van der Waals surface area contributed by atoms with Crippen molar-refractivity contribution in [2.75, 3.05) is 4.90 Å². The van der Waals surface area contributed by atoms with E-state index in [4.69, 9.17) is 4.98 Å². The SMILES string of the molecule is c1ccc(N2c3ccccc3-n3c(-c4ccccn4)nc4cccc2c43)cc1. The number of hydrogen-bond acceptors (Lipinski definition) is 3. The third-order valence-electron chi connectivity index (χ3n) is 5.17. The average Bonchev–Trinajstić information content (AvgIpc) is 3.17. The van der Waals surface area contributed by atoms with Crippen LogP contribution >= 0.6 is 0 Å². The van der Waals surface area contributed by atoms with E-state index in [-0.39, 0.29) is 0 Å². The van der Waals surface area contributed by atoms with Crippen LogP contribution in [-0.2, 0) is 0 Å². The molecule has 0 saturated heterocycles. The number of fused-ring (bicyclic) bond motifs is 2. The van der Waals surface area contributed by atoms with Crippen LogP contribution in [0.3, 0.4) is 0 Å². The van der Waals surface area contributed by atoms with Crippen molar-refractivity contribution >= 4 is 28.1 Å². The van der Waals surface area contributed by atoms with Crippen LogP contribution in [0.4, 0.5) is 17.1 Å². The predicted molar refractivity (Wildman–Crippen MR) is 113 cm³/mol. The molecule has 0 saturated carbocycles. The first-order valence-electron chi connectivity index (χ1n) is 9.29. The Balaban J connectivity index is 1.75. The van der Waals surface area contributed by atoms with Crippen LogP contribution < -0.4 is 4.90 Å². The van der Waals surface area contributed by atoms with Gasteiger partial charge in [-0.25, -0.2) is 4.98 Å². The van der Waals surface area contributed by atoms with Crippen LogP contribution in [0.1, 0.15) is 0 Å². The van der Waals surface area contributed by atoms with Crippen molar-refractivity contribution in [1.29, 1.82) is 0 Å². The summed E-state index contributed by atoms with van der Waals surface area (Å²) in [7, 11) is 0. The Morgan fingerprint density at radius 1 is 0.607 bits per heavy atom. The van der Waals surface area contributed by atoms with Gasteiger partial charge in [0.1, 0.15) is 5.69 Å². The second-order valence-corrected chi connectivity index (χ2v) is 6.79. The Bertz CT molecular complexity index is 1310. The quantitative estimate of drug-likeness (QED) is 0.387. The maximum Gasteiger partial charge on any atom is 0.164 e. The highest BCUT2D eigenvalue weighted by molar-refractivity contribution is 6.02. The summed E-state index contributed by atoms with van der Waals surface area (Å²) in [5.41, 5.74) is 7.43. The fourth-order valence-corrected chi connectivity index (χ4v) is 4.02. The molecule has 5 aromatic rings. The van der Waals surface area contributed by atoms with Crippen LogP contribution in [0.5, 0.6) is 0 Å². The second kappa shape index (κ2) is 5.79. The molecule has 0 aliphatic carbocycles. The molecule has 0 bridgehead atoms. The fraction of sp³-hybridized carbons (Fsp3) is 0.